The summed E-state index contributed by atoms with van der Waals surface area (Å²) in [6.45, 7) is 3.87. The fourth-order valence-corrected chi connectivity index (χ4v) is 2.37. The first-order chi connectivity index (χ1) is 6.57. The summed E-state index contributed by atoms with van der Waals surface area (Å²) in [6, 6.07) is 0. The van der Waals surface area contributed by atoms with Gasteiger partial charge in [0.2, 0.25) is 0 Å². The molecular weight excluding hydrogens is 264 g/mol. The van der Waals surface area contributed by atoms with Gasteiger partial charge in [-0.05, 0) is 28.6 Å². The second kappa shape index (κ2) is 5.19. The molecule has 0 spiro atoms. The predicted octanol–water partition coefficient (Wildman–Crippen LogP) is 2.49. The third-order valence-electron chi connectivity index (χ3n) is 2.03. The molecule has 0 aliphatic carbocycles. The Bertz CT molecular complexity index is 312. The molecule has 0 amide bonds. The van der Waals surface area contributed by atoms with Gasteiger partial charge in [-0.2, -0.15) is 11.8 Å². The molecule has 1 N–H and O–H groups in total. The van der Waals surface area contributed by atoms with Gasteiger partial charge in [-0.1, -0.05) is 6.92 Å². The van der Waals surface area contributed by atoms with Crippen LogP contribution in [-0.4, -0.2) is 20.4 Å². The van der Waals surface area contributed by atoms with Gasteiger partial charge in [-0.25, -0.2) is 4.98 Å². The van der Waals surface area contributed by atoms with Crippen molar-refractivity contribution < 1.29 is 5.11 Å². The molecule has 0 aliphatic heterocycles. The van der Waals surface area contributed by atoms with Crippen LogP contribution < -0.4 is 0 Å². The van der Waals surface area contributed by atoms with Crippen molar-refractivity contribution in [3.63, 3.8) is 0 Å². The first kappa shape index (κ1) is 12.1. The molecule has 1 heterocycles. The molecule has 80 valence electrons. The summed E-state index contributed by atoms with van der Waals surface area (Å²) in [5.74, 6) is 1.97. The molecule has 0 saturated heterocycles. The topological polar surface area (TPSA) is 38.1 Å². The number of aliphatic hydroxyl groups excluding tert-OH is 1. The second-order valence-corrected chi connectivity index (χ2v) is 5.07. The van der Waals surface area contributed by atoms with E-state index in [1.807, 2.05) is 23.4 Å². The highest BCUT2D eigenvalue weighted by atomic mass is 79.9. The first-order valence-corrected chi connectivity index (χ1v) is 6.49. The van der Waals surface area contributed by atoms with E-state index >= 15 is 0 Å². The third-order valence-corrected chi connectivity index (χ3v) is 3.62. The lowest BCUT2D eigenvalue weighted by atomic mass is 10.2. The molecule has 0 saturated carbocycles. The maximum absolute atomic E-state index is 9.54. The lowest BCUT2D eigenvalue weighted by Gasteiger charge is -2.06. The number of imidazole rings is 1. The lowest BCUT2D eigenvalue weighted by Crippen LogP contribution is -2.01. The second-order valence-electron chi connectivity index (χ2n) is 3.08. The van der Waals surface area contributed by atoms with Crippen LogP contribution in [0.25, 0.3) is 0 Å². The average Bonchev–Trinajstić information content (AvgIpc) is 2.41. The normalized spacial score (nSPS) is 13.2. The molecule has 0 aliphatic rings. The molecule has 1 aromatic rings. The monoisotopic (exact) mass is 278 g/mol. The molecule has 1 unspecified atom stereocenters. The summed E-state index contributed by atoms with van der Waals surface area (Å²) in [7, 11) is 1.95. The Morgan fingerprint density at radius 3 is 2.79 bits per heavy atom. The van der Waals surface area contributed by atoms with E-state index in [9.17, 15) is 5.11 Å². The standard InChI is InChI=1S/C9H15BrN2OS/c1-4-14-5-7-8(6(2)13)11-9(10)12(7)3/h6,13H,4-5H2,1-3H3. The number of aromatic nitrogens is 2. The van der Waals surface area contributed by atoms with Gasteiger partial charge in [0.05, 0.1) is 17.5 Å². The zero-order valence-electron chi connectivity index (χ0n) is 8.62. The lowest BCUT2D eigenvalue weighted by molar-refractivity contribution is 0.193. The van der Waals surface area contributed by atoms with Gasteiger partial charge in [0.25, 0.3) is 0 Å². The maximum Gasteiger partial charge on any atom is 0.177 e. The van der Waals surface area contributed by atoms with Gasteiger partial charge >= 0.3 is 0 Å². The summed E-state index contributed by atoms with van der Waals surface area (Å²) >= 11 is 5.19. The van der Waals surface area contributed by atoms with Crippen LogP contribution in [0.1, 0.15) is 31.3 Å². The highest BCUT2D eigenvalue weighted by Gasteiger charge is 2.16. The maximum atomic E-state index is 9.54. The van der Waals surface area contributed by atoms with Crippen LogP contribution in [0.5, 0.6) is 0 Å². The molecule has 3 nitrogen and oxygen atoms in total. The van der Waals surface area contributed by atoms with Gasteiger partial charge in [0.1, 0.15) is 0 Å². The van der Waals surface area contributed by atoms with E-state index in [0.717, 1.165) is 27.6 Å². The minimum atomic E-state index is -0.500. The summed E-state index contributed by atoms with van der Waals surface area (Å²) in [6.07, 6.45) is -0.500. The van der Waals surface area contributed by atoms with Crippen LogP contribution >= 0.6 is 27.7 Å². The summed E-state index contributed by atoms with van der Waals surface area (Å²) in [5.41, 5.74) is 1.87. The molecule has 1 atom stereocenters. The largest absolute Gasteiger partial charge is 0.387 e. The smallest absolute Gasteiger partial charge is 0.177 e. The van der Waals surface area contributed by atoms with Gasteiger partial charge in [0, 0.05) is 12.8 Å². The van der Waals surface area contributed by atoms with E-state index in [1.54, 1.807) is 6.92 Å². The van der Waals surface area contributed by atoms with Gasteiger partial charge in [-0.15, -0.1) is 0 Å². The quantitative estimate of drug-likeness (QED) is 0.920. The van der Waals surface area contributed by atoms with Crippen molar-refractivity contribution in [2.45, 2.75) is 25.7 Å². The Morgan fingerprint density at radius 1 is 1.64 bits per heavy atom. The van der Waals surface area contributed by atoms with Crippen molar-refractivity contribution >= 4 is 27.7 Å². The Hall–Kier alpha value is -0.0000000000000000555. The van der Waals surface area contributed by atoms with Crippen molar-refractivity contribution in [2.75, 3.05) is 5.75 Å². The molecule has 0 bridgehead atoms. The van der Waals surface area contributed by atoms with Crippen LogP contribution in [0.3, 0.4) is 0 Å². The van der Waals surface area contributed by atoms with Crippen LogP contribution in [0.2, 0.25) is 0 Å². The SMILES string of the molecule is CCSCc1c(C(C)O)nc(Br)n1C. The number of aliphatic hydroxyl groups is 1. The van der Waals surface area contributed by atoms with Crippen molar-refractivity contribution in [1.29, 1.82) is 0 Å². The van der Waals surface area contributed by atoms with E-state index in [-0.39, 0.29) is 0 Å². The highest BCUT2D eigenvalue weighted by Crippen LogP contribution is 2.24. The van der Waals surface area contributed by atoms with E-state index in [0.29, 0.717) is 0 Å². The number of hydrogen-bond acceptors (Lipinski definition) is 3. The third kappa shape index (κ3) is 2.52. The summed E-state index contributed by atoms with van der Waals surface area (Å²) < 4.78 is 2.75. The van der Waals surface area contributed by atoms with Crippen LogP contribution in [0, 0.1) is 0 Å². The predicted molar refractivity (Wildman–Crippen MR) is 63.4 cm³/mol. The number of thioether (sulfide) groups is 1. The first-order valence-electron chi connectivity index (χ1n) is 4.54. The summed E-state index contributed by atoms with van der Waals surface area (Å²) in [5, 5.41) is 9.54. The van der Waals surface area contributed by atoms with Gasteiger partial charge in [-0.3, -0.25) is 0 Å². The molecule has 1 rings (SSSR count). The van der Waals surface area contributed by atoms with E-state index in [1.165, 1.54) is 0 Å². The Morgan fingerprint density at radius 2 is 2.29 bits per heavy atom. The molecule has 5 heteroatoms. The molecule has 0 radical (unpaired) electrons. The minimum absolute atomic E-state index is 0.500. The number of hydrogen-bond donors (Lipinski definition) is 1. The van der Waals surface area contributed by atoms with Gasteiger partial charge in [0.15, 0.2) is 4.73 Å². The molecule has 0 fully saturated rings. The molecule has 14 heavy (non-hydrogen) atoms. The Kier molecular flexibility index (Phi) is 4.47. The zero-order chi connectivity index (χ0) is 10.7. The fourth-order valence-electron chi connectivity index (χ4n) is 1.23. The van der Waals surface area contributed by atoms with Crippen molar-refractivity contribution in [1.82, 2.24) is 9.55 Å². The summed E-state index contributed by atoms with van der Waals surface area (Å²) in [4.78, 5) is 4.28. The number of halogens is 1. The molecule has 1 aromatic heterocycles. The minimum Gasteiger partial charge on any atom is -0.387 e. The highest BCUT2D eigenvalue weighted by molar-refractivity contribution is 9.10. The Balaban J connectivity index is 2.97. The average molecular weight is 279 g/mol. The van der Waals surface area contributed by atoms with E-state index < -0.39 is 6.10 Å². The Labute approximate surface area is 97.0 Å². The van der Waals surface area contributed by atoms with Gasteiger partial charge < -0.3 is 9.67 Å². The zero-order valence-corrected chi connectivity index (χ0v) is 11.0. The number of nitrogens with zero attached hydrogens (tertiary/aromatic N) is 2. The molecular formula is C9H15BrN2OS. The fraction of sp³-hybridized carbons (Fsp3) is 0.667. The number of rotatable bonds is 4. The van der Waals surface area contributed by atoms with Crippen LogP contribution in [0.15, 0.2) is 4.73 Å². The van der Waals surface area contributed by atoms with Crippen LogP contribution in [-0.2, 0) is 12.8 Å². The molecule has 0 aromatic carbocycles. The van der Waals surface area contributed by atoms with E-state index in [4.69, 9.17) is 0 Å². The van der Waals surface area contributed by atoms with Crippen molar-refractivity contribution in [2.24, 2.45) is 7.05 Å². The van der Waals surface area contributed by atoms with Crippen LogP contribution in [0.4, 0.5) is 0 Å². The van der Waals surface area contributed by atoms with E-state index in [2.05, 4.69) is 27.8 Å². The van der Waals surface area contributed by atoms with Crippen molar-refractivity contribution in [3.8, 4) is 0 Å². The van der Waals surface area contributed by atoms with Crippen molar-refractivity contribution in [3.05, 3.63) is 16.1 Å².